The minimum atomic E-state index is 0.000864. The number of carbonyl (C=O) groups is 1. The van der Waals surface area contributed by atoms with E-state index in [-0.39, 0.29) is 5.91 Å². The molecule has 3 aromatic rings. The normalized spacial score (nSPS) is 14.2. The summed E-state index contributed by atoms with van der Waals surface area (Å²) in [6.07, 6.45) is 0. The van der Waals surface area contributed by atoms with Crippen LogP contribution in [0.5, 0.6) is 11.5 Å². The van der Waals surface area contributed by atoms with Crippen LogP contribution in [-0.4, -0.2) is 64.8 Å². The summed E-state index contributed by atoms with van der Waals surface area (Å²) in [4.78, 5) is 17.1. The third-order valence-electron chi connectivity index (χ3n) is 5.25. The molecule has 1 fully saturated rings. The molecule has 1 aliphatic heterocycles. The van der Waals surface area contributed by atoms with Gasteiger partial charge in [-0.25, -0.2) is 0 Å². The summed E-state index contributed by atoms with van der Waals surface area (Å²) in [6, 6.07) is 11.4. The first kappa shape index (κ1) is 20.0. The standard InChI is InChI=1S/C22H27N5O3/c1-4-29-18-10-9-17(15-19(18)30-5-2)21(28)25-11-13-26(14-12-25)22-24-23-20-8-6-7-16(3)27(20)22/h6-10,15H,4-5,11-14H2,1-3H3. The Balaban J connectivity index is 1.47. The number of carbonyl (C=O) groups excluding carboxylic acids is 1. The number of nitrogens with zero attached hydrogens (tertiary/aromatic N) is 5. The van der Waals surface area contributed by atoms with E-state index in [1.807, 2.05) is 49.9 Å². The second-order valence-corrected chi connectivity index (χ2v) is 7.17. The molecule has 0 unspecified atom stereocenters. The number of pyridine rings is 1. The second kappa shape index (κ2) is 8.61. The maximum Gasteiger partial charge on any atom is 0.254 e. The van der Waals surface area contributed by atoms with Crippen molar-refractivity contribution in [2.24, 2.45) is 0 Å². The predicted octanol–water partition coefficient (Wildman–Crippen LogP) is 2.80. The van der Waals surface area contributed by atoms with Crippen molar-refractivity contribution < 1.29 is 14.3 Å². The predicted molar refractivity (Wildman–Crippen MR) is 115 cm³/mol. The zero-order chi connectivity index (χ0) is 21.1. The third kappa shape index (κ3) is 3.77. The second-order valence-electron chi connectivity index (χ2n) is 7.17. The van der Waals surface area contributed by atoms with Crippen molar-refractivity contribution in [1.82, 2.24) is 19.5 Å². The highest BCUT2D eigenvalue weighted by Gasteiger charge is 2.25. The van der Waals surface area contributed by atoms with Crippen molar-refractivity contribution in [2.75, 3.05) is 44.3 Å². The van der Waals surface area contributed by atoms with Gasteiger partial charge >= 0.3 is 0 Å². The quantitative estimate of drug-likeness (QED) is 0.623. The highest BCUT2D eigenvalue weighted by Crippen LogP contribution is 2.29. The first-order chi connectivity index (χ1) is 14.6. The van der Waals surface area contributed by atoms with Crippen molar-refractivity contribution in [3.8, 4) is 11.5 Å². The van der Waals surface area contributed by atoms with E-state index in [0.717, 1.165) is 17.3 Å². The van der Waals surface area contributed by atoms with Crippen LogP contribution >= 0.6 is 0 Å². The van der Waals surface area contributed by atoms with Crippen LogP contribution in [0.25, 0.3) is 5.65 Å². The molecule has 0 atom stereocenters. The van der Waals surface area contributed by atoms with E-state index in [1.165, 1.54) is 0 Å². The molecule has 0 N–H and O–H groups in total. The van der Waals surface area contributed by atoms with E-state index < -0.39 is 0 Å². The van der Waals surface area contributed by atoms with Crippen LogP contribution < -0.4 is 14.4 Å². The van der Waals surface area contributed by atoms with Gasteiger partial charge in [0, 0.05) is 37.4 Å². The summed E-state index contributed by atoms with van der Waals surface area (Å²) < 4.78 is 13.3. The fraction of sp³-hybridized carbons (Fsp3) is 0.409. The first-order valence-electron chi connectivity index (χ1n) is 10.4. The van der Waals surface area contributed by atoms with Crippen molar-refractivity contribution in [2.45, 2.75) is 20.8 Å². The molecule has 0 spiro atoms. The van der Waals surface area contributed by atoms with Crippen LogP contribution in [0, 0.1) is 6.92 Å². The van der Waals surface area contributed by atoms with E-state index >= 15 is 0 Å². The summed E-state index contributed by atoms with van der Waals surface area (Å²) in [7, 11) is 0. The molecule has 1 saturated heterocycles. The van der Waals surface area contributed by atoms with Crippen LogP contribution in [0.1, 0.15) is 29.9 Å². The molecule has 8 nitrogen and oxygen atoms in total. The average Bonchev–Trinajstić information content (AvgIpc) is 3.20. The molecule has 1 aliphatic rings. The zero-order valence-corrected chi connectivity index (χ0v) is 17.7. The van der Waals surface area contributed by atoms with Gasteiger partial charge in [-0.2, -0.15) is 0 Å². The Labute approximate surface area is 176 Å². The van der Waals surface area contributed by atoms with Gasteiger partial charge in [0.1, 0.15) is 0 Å². The summed E-state index contributed by atoms with van der Waals surface area (Å²) >= 11 is 0. The van der Waals surface area contributed by atoms with Crippen LogP contribution in [0.3, 0.4) is 0 Å². The monoisotopic (exact) mass is 409 g/mol. The largest absolute Gasteiger partial charge is 0.490 e. The third-order valence-corrected chi connectivity index (χ3v) is 5.25. The van der Waals surface area contributed by atoms with E-state index in [9.17, 15) is 4.79 Å². The molecule has 158 valence electrons. The molecule has 1 amide bonds. The van der Waals surface area contributed by atoms with E-state index in [2.05, 4.69) is 19.5 Å². The van der Waals surface area contributed by atoms with Gasteiger partial charge in [0.15, 0.2) is 17.1 Å². The summed E-state index contributed by atoms with van der Waals surface area (Å²) in [5, 5.41) is 8.64. The molecule has 8 heteroatoms. The highest BCUT2D eigenvalue weighted by atomic mass is 16.5. The number of amides is 1. The molecular weight excluding hydrogens is 382 g/mol. The Kier molecular flexibility index (Phi) is 5.74. The minimum Gasteiger partial charge on any atom is -0.490 e. The molecule has 0 radical (unpaired) electrons. The number of benzene rings is 1. The molecule has 0 aliphatic carbocycles. The molecule has 30 heavy (non-hydrogen) atoms. The number of fused-ring (bicyclic) bond motifs is 1. The topological polar surface area (TPSA) is 72.2 Å². The molecular formula is C22H27N5O3. The van der Waals surface area contributed by atoms with Crippen LogP contribution in [-0.2, 0) is 0 Å². The lowest BCUT2D eigenvalue weighted by atomic mass is 10.1. The number of aromatic nitrogens is 3. The molecule has 1 aromatic carbocycles. The highest BCUT2D eigenvalue weighted by molar-refractivity contribution is 5.95. The van der Waals surface area contributed by atoms with Gasteiger partial charge in [0.05, 0.1) is 13.2 Å². The smallest absolute Gasteiger partial charge is 0.254 e. The summed E-state index contributed by atoms with van der Waals surface area (Å²) in [5.41, 5.74) is 2.53. The van der Waals surface area contributed by atoms with Gasteiger partial charge in [-0.1, -0.05) is 6.07 Å². The van der Waals surface area contributed by atoms with Crippen molar-refractivity contribution in [1.29, 1.82) is 0 Å². The Morgan fingerprint density at radius 3 is 2.43 bits per heavy atom. The Morgan fingerprint density at radius 2 is 1.70 bits per heavy atom. The lowest BCUT2D eigenvalue weighted by molar-refractivity contribution is 0.0745. The summed E-state index contributed by atoms with van der Waals surface area (Å²) in [5.74, 6) is 2.10. The lowest BCUT2D eigenvalue weighted by Gasteiger charge is -2.35. The van der Waals surface area contributed by atoms with Crippen LogP contribution in [0.4, 0.5) is 5.95 Å². The number of hydrogen-bond donors (Lipinski definition) is 0. The number of ether oxygens (including phenoxy) is 2. The van der Waals surface area contributed by atoms with E-state index in [4.69, 9.17) is 9.47 Å². The molecule has 0 bridgehead atoms. The van der Waals surface area contributed by atoms with Crippen molar-refractivity contribution >= 4 is 17.5 Å². The average molecular weight is 409 g/mol. The fourth-order valence-corrected chi connectivity index (χ4v) is 3.76. The zero-order valence-electron chi connectivity index (χ0n) is 17.7. The number of anilines is 1. The SMILES string of the molecule is CCOc1ccc(C(=O)N2CCN(c3nnc4cccc(C)n34)CC2)cc1OCC. The summed E-state index contributed by atoms with van der Waals surface area (Å²) in [6.45, 7) is 9.60. The van der Waals surface area contributed by atoms with Crippen molar-refractivity contribution in [3.05, 3.63) is 47.7 Å². The molecule has 3 heterocycles. The number of rotatable bonds is 6. The maximum absolute atomic E-state index is 13.1. The van der Waals surface area contributed by atoms with Crippen molar-refractivity contribution in [3.63, 3.8) is 0 Å². The molecule has 2 aromatic heterocycles. The van der Waals surface area contributed by atoms with Crippen LogP contribution in [0.15, 0.2) is 36.4 Å². The van der Waals surface area contributed by atoms with Gasteiger partial charge in [0.25, 0.3) is 5.91 Å². The van der Waals surface area contributed by atoms with Gasteiger partial charge in [-0.3, -0.25) is 9.20 Å². The number of piperazine rings is 1. The van der Waals surface area contributed by atoms with Gasteiger partial charge in [-0.15, -0.1) is 10.2 Å². The Morgan fingerprint density at radius 1 is 0.967 bits per heavy atom. The van der Waals surface area contributed by atoms with E-state index in [1.54, 1.807) is 12.1 Å². The van der Waals surface area contributed by atoms with Gasteiger partial charge < -0.3 is 19.3 Å². The first-order valence-corrected chi connectivity index (χ1v) is 10.4. The van der Waals surface area contributed by atoms with E-state index in [0.29, 0.717) is 56.5 Å². The fourth-order valence-electron chi connectivity index (χ4n) is 3.76. The molecule has 4 rings (SSSR count). The number of aryl methyl sites for hydroxylation is 1. The van der Waals surface area contributed by atoms with Gasteiger partial charge in [0.2, 0.25) is 5.95 Å². The Bertz CT molecular complexity index is 1040. The number of hydrogen-bond acceptors (Lipinski definition) is 6. The van der Waals surface area contributed by atoms with Gasteiger partial charge in [-0.05, 0) is 51.1 Å². The molecule has 0 saturated carbocycles. The Hall–Kier alpha value is -3.29. The van der Waals surface area contributed by atoms with Crippen LogP contribution in [0.2, 0.25) is 0 Å². The maximum atomic E-state index is 13.1. The minimum absolute atomic E-state index is 0.000864. The lowest BCUT2D eigenvalue weighted by Crippen LogP contribution is -2.49.